The van der Waals surface area contributed by atoms with Crippen molar-refractivity contribution in [2.24, 2.45) is 16.7 Å². The fourth-order valence-corrected chi connectivity index (χ4v) is 7.34. The topological polar surface area (TPSA) is 12.0 Å². The van der Waals surface area contributed by atoms with E-state index in [0.717, 1.165) is 17.2 Å². The second kappa shape index (κ2) is 4.89. The van der Waals surface area contributed by atoms with E-state index < -0.39 is 0 Å². The first kappa shape index (κ1) is 13.6. The summed E-state index contributed by atoms with van der Waals surface area (Å²) in [5.41, 5.74) is 1.10. The molecule has 1 N–H and O–H groups in total. The molecule has 1 aliphatic heterocycles. The molecular formula is C15H27NS2. The van der Waals surface area contributed by atoms with Crippen LogP contribution in [0.5, 0.6) is 0 Å². The molecule has 4 atom stereocenters. The van der Waals surface area contributed by atoms with E-state index >= 15 is 0 Å². The van der Waals surface area contributed by atoms with Crippen molar-refractivity contribution in [1.29, 1.82) is 0 Å². The molecule has 3 heteroatoms. The summed E-state index contributed by atoms with van der Waals surface area (Å²) >= 11 is 4.32. The minimum atomic E-state index is 0.513. The molecule has 2 bridgehead atoms. The van der Waals surface area contributed by atoms with Gasteiger partial charge in [-0.05, 0) is 36.0 Å². The van der Waals surface area contributed by atoms with Gasteiger partial charge in [0.2, 0.25) is 0 Å². The molecule has 18 heavy (non-hydrogen) atoms. The first-order valence-electron chi connectivity index (χ1n) is 7.45. The van der Waals surface area contributed by atoms with E-state index in [2.05, 4.69) is 49.6 Å². The van der Waals surface area contributed by atoms with Gasteiger partial charge < -0.3 is 5.32 Å². The van der Waals surface area contributed by atoms with Crippen LogP contribution in [0.3, 0.4) is 0 Å². The van der Waals surface area contributed by atoms with Crippen molar-refractivity contribution < 1.29 is 0 Å². The van der Waals surface area contributed by atoms with Crippen LogP contribution in [0, 0.1) is 16.7 Å². The molecule has 3 aliphatic rings. The Labute approximate surface area is 121 Å². The number of thioether (sulfide) groups is 2. The van der Waals surface area contributed by atoms with Crippen molar-refractivity contribution >= 4 is 23.5 Å². The Balaban J connectivity index is 1.61. The van der Waals surface area contributed by atoms with Crippen LogP contribution in [0.1, 0.15) is 40.0 Å². The van der Waals surface area contributed by atoms with Gasteiger partial charge in [-0.25, -0.2) is 0 Å². The number of hydrogen-bond acceptors (Lipinski definition) is 3. The fraction of sp³-hybridized carbons (Fsp3) is 1.00. The van der Waals surface area contributed by atoms with Crippen molar-refractivity contribution in [2.75, 3.05) is 23.8 Å². The van der Waals surface area contributed by atoms with Crippen molar-refractivity contribution in [2.45, 2.75) is 51.3 Å². The third kappa shape index (κ3) is 2.25. The highest BCUT2D eigenvalue weighted by Gasteiger charge is 2.58. The maximum Gasteiger partial charge on any atom is 0.0263 e. The average molecular weight is 286 g/mol. The van der Waals surface area contributed by atoms with Crippen LogP contribution in [-0.2, 0) is 0 Å². The Morgan fingerprint density at radius 1 is 1.22 bits per heavy atom. The largest absolute Gasteiger partial charge is 0.312 e. The molecule has 0 aromatic carbocycles. The molecule has 3 rings (SSSR count). The molecule has 0 radical (unpaired) electrons. The minimum absolute atomic E-state index is 0.513. The normalized spacial score (nSPS) is 46.5. The Morgan fingerprint density at radius 3 is 2.67 bits per heavy atom. The predicted molar refractivity (Wildman–Crippen MR) is 84.6 cm³/mol. The molecule has 2 saturated carbocycles. The molecule has 1 heterocycles. The molecular weight excluding hydrogens is 258 g/mol. The van der Waals surface area contributed by atoms with E-state index in [9.17, 15) is 0 Å². The molecule has 0 amide bonds. The summed E-state index contributed by atoms with van der Waals surface area (Å²) in [6, 6.07) is 0.747. The van der Waals surface area contributed by atoms with E-state index in [0.29, 0.717) is 10.8 Å². The highest BCUT2D eigenvalue weighted by Crippen LogP contribution is 2.62. The van der Waals surface area contributed by atoms with Gasteiger partial charge in [-0.3, -0.25) is 0 Å². The van der Waals surface area contributed by atoms with E-state index in [1.165, 1.54) is 43.1 Å². The summed E-state index contributed by atoms with van der Waals surface area (Å²) in [5.74, 6) is 5.03. The van der Waals surface area contributed by atoms with E-state index in [4.69, 9.17) is 0 Å². The average Bonchev–Trinajstić information content (AvgIpc) is 2.81. The predicted octanol–water partition coefficient (Wildman–Crippen LogP) is 3.64. The van der Waals surface area contributed by atoms with Crippen LogP contribution >= 0.6 is 23.5 Å². The maximum absolute atomic E-state index is 3.98. The third-order valence-corrected chi connectivity index (χ3v) is 8.55. The van der Waals surface area contributed by atoms with Gasteiger partial charge in [0.25, 0.3) is 0 Å². The molecule has 0 spiro atoms. The van der Waals surface area contributed by atoms with Crippen LogP contribution in [0.25, 0.3) is 0 Å². The monoisotopic (exact) mass is 285 g/mol. The summed E-state index contributed by atoms with van der Waals surface area (Å²) in [4.78, 5) is 0. The lowest BCUT2D eigenvalue weighted by atomic mass is 9.68. The molecule has 1 saturated heterocycles. The number of rotatable bonds is 3. The smallest absolute Gasteiger partial charge is 0.0263 e. The number of nitrogens with one attached hydrogen (secondary N) is 1. The summed E-state index contributed by atoms with van der Waals surface area (Å²) < 4.78 is 0. The molecule has 1 nitrogen and oxygen atoms in total. The van der Waals surface area contributed by atoms with Gasteiger partial charge in [0, 0.05) is 35.1 Å². The van der Waals surface area contributed by atoms with Crippen molar-refractivity contribution in [3.63, 3.8) is 0 Å². The lowest BCUT2D eigenvalue weighted by Crippen LogP contribution is -2.52. The van der Waals surface area contributed by atoms with Crippen LogP contribution in [0.4, 0.5) is 0 Å². The summed E-state index contributed by atoms with van der Waals surface area (Å²) in [6.45, 7) is 8.77. The van der Waals surface area contributed by atoms with Crippen molar-refractivity contribution in [1.82, 2.24) is 5.32 Å². The molecule has 2 aliphatic carbocycles. The van der Waals surface area contributed by atoms with Gasteiger partial charge in [-0.1, -0.05) is 20.8 Å². The van der Waals surface area contributed by atoms with Gasteiger partial charge in [0.05, 0.1) is 0 Å². The van der Waals surface area contributed by atoms with Gasteiger partial charge in [-0.15, -0.1) is 0 Å². The first-order valence-corrected chi connectivity index (χ1v) is 9.65. The van der Waals surface area contributed by atoms with E-state index in [-0.39, 0.29) is 0 Å². The van der Waals surface area contributed by atoms with Gasteiger partial charge in [0.1, 0.15) is 0 Å². The Morgan fingerprint density at radius 2 is 2.06 bits per heavy atom. The Bertz CT molecular complexity index is 307. The Kier molecular flexibility index (Phi) is 3.70. The zero-order chi connectivity index (χ0) is 12.8. The zero-order valence-electron chi connectivity index (χ0n) is 12.0. The van der Waals surface area contributed by atoms with Crippen molar-refractivity contribution in [3.05, 3.63) is 0 Å². The van der Waals surface area contributed by atoms with Crippen LogP contribution in [-0.4, -0.2) is 35.1 Å². The molecule has 104 valence electrons. The summed E-state index contributed by atoms with van der Waals surface area (Å²) in [6.07, 6.45) is 4.38. The lowest BCUT2D eigenvalue weighted by Gasteiger charge is -2.44. The van der Waals surface area contributed by atoms with Gasteiger partial charge in [-0.2, -0.15) is 23.5 Å². The minimum Gasteiger partial charge on any atom is -0.312 e. The molecule has 3 fully saturated rings. The fourth-order valence-electron chi connectivity index (χ4n) is 4.72. The van der Waals surface area contributed by atoms with E-state index in [1.54, 1.807) is 0 Å². The zero-order valence-corrected chi connectivity index (χ0v) is 13.6. The molecule has 0 aromatic rings. The summed E-state index contributed by atoms with van der Waals surface area (Å²) in [5, 5.41) is 4.83. The van der Waals surface area contributed by atoms with Crippen LogP contribution < -0.4 is 5.32 Å². The highest BCUT2D eigenvalue weighted by atomic mass is 32.2. The standard InChI is InChI=1S/C15H27NS2/c1-14(2)11-4-5-15(3,8-11)13(14)16-9-12-10-17-6-7-18-12/h11-13,16H,4-10H2,1-3H3/t11-,12?,13?,15+/m0/s1. The highest BCUT2D eigenvalue weighted by molar-refractivity contribution is 8.06. The maximum atomic E-state index is 3.98. The molecule has 0 aromatic heterocycles. The number of hydrogen-bond donors (Lipinski definition) is 1. The number of fused-ring (bicyclic) bond motifs is 2. The second-order valence-electron chi connectivity index (χ2n) is 7.32. The SMILES string of the molecule is CC1(C)C(NCC2CSCCS2)[C@]2(C)CC[C@H]1C2. The second-order valence-corrected chi connectivity index (χ2v) is 9.88. The van der Waals surface area contributed by atoms with Gasteiger partial charge >= 0.3 is 0 Å². The van der Waals surface area contributed by atoms with E-state index in [1.807, 2.05) is 0 Å². The van der Waals surface area contributed by atoms with Crippen LogP contribution in [0.2, 0.25) is 0 Å². The van der Waals surface area contributed by atoms with Crippen LogP contribution in [0.15, 0.2) is 0 Å². The third-order valence-electron chi connectivity index (χ3n) is 5.70. The first-order chi connectivity index (χ1) is 8.52. The summed E-state index contributed by atoms with van der Waals surface area (Å²) in [7, 11) is 0. The molecule has 2 unspecified atom stereocenters. The Hall–Kier alpha value is 0.660. The lowest BCUT2D eigenvalue weighted by molar-refractivity contribution is 0.110. The van der Waals surface area contributed by atoms with Crippen molar-refractivity contribution in [3.8, 4) is 0 Å². The quantitative estimate of drug-likeness (QED) is 0.850. The van der Waals surface area contributed by atoms with Gasteiger partial charge in [0.15, 0.2) is 0 Å².